The van der Waals surface area contributed by atoms with E-state index in [2.05, 4.69) is 5.32 Å². The molecule has 1 N–H and O–H groups in total. The van der Waals surface area contributed by atoms with Crippen LogP contribution in [0.1, 0.15) is 31.7 Å². The number of rotatable bonds is 7. The van der Waals surface area contributed by atoms with Gasteiger partial charge >= 0.3 is 0 Å². The third-order valence-corrected chi connectivity index (χ3v) is 4.25. The molecule has 0 radical (unpaired) electrons. The highest BCUT2D eigenvalue weighted by atomic mass is 35.5. The number of nitrogens with one attached hydrogen (secondary N) is 1. The Morgan fingerprint density at radius 3 is 2.59 bits per heavy atom. The Balaban J connectivity index is 1.82. The molecule has 6 heteroatoms. The lowest BCUT2D eigenvalue weighted by Crippen LogP contribution is -2.35. The van der Waals surface area contributed by atoms with Gasteiger partial charge in [0.2, 0.25) is 11.8 Å². The molecule has 2 rings (SSSR count). The topological polar surface area (TPSA) is 49.4 Å². The quantitative estimate of drug-likeness (QED) is 0.827. The van der Waals surface area contributed by atoms with Crippen molar-refractivity contribution in [2.24, 2.45) is 0 Å². The van der Waals surface area contributed by atoms with Crippen molar-refractivity contribution in [1.29, 1.82) is 0 Å². The lowest BCUT2D eigenvalue weighted by Gasteiger charge is -2.21. The van der Waals surface area contributed by atoms with Gasteiger partial charge in [-0.05, 0) is 37.0 Å². The molecule has 0 aromatic heterocycles. The van der Waals surface area contributed by atoms with Crippen LogP contribution in [0.4, 0.5) is 0 Å². The lowest BCUT2D eigenvalue weighted by atomic mass is 10.1. The Kier molecular flexibility index (Phi) is 6.09. The molecule has 120 valence electrons. The summed E-state index contributed by atoms with van der Waals surface area (Å²) in [5, 5.41) is 4.12. The first-order valence-electron chi connectivity index (χ1n) is 7.44. The third kappa shape index (κ3) is 5.50. The van der Waals surface area contributed by atoms with Crippen LogP contribution >= 0.6 is 23.2 Å². The first-order chi connectivity index (χ1) is 10.5. The van der Waals surface area contributed by atoms with Gasteiger partial charge in [-0.1, -0.05) is 29.3 Å². The maximum atomic E-state index is 11.7. The number of carbonyl (C=O) groups is 2. The molecule has 1 aliphatic carbocycles. The minimum absolute atomic E-state index is 0.0123. The number of nitrogens with zero attached hydrogens (tertiary/aromatic N) is 1. The first-order valence-corrected chi connectivity index (χ1v) is 8.20. The molecule has 4 nitrogen and oxygen atoms in total. The molecule has 0 spiro atoms. The Labute approximate surface area is 140 Å². The van der Waals surface area contributed by atoms with Crippen molar-refractivity contribution in [3.05, 3.63) is 33.8 Å². The fourth-order valence-corrected chi connectivity index (χ4v) is 2.67. The number of hydrogen-bond acceptors (Lipinski definition) is 2. The van der Waals surface area contributed by atoms with Gasteiger partial charge in [-0.3, -0.25) is 9.59 Å². The van der Waals surface area contributed by atoms with Gasteiger partial charge in [0.25, 0.3) is 0 Å². The molecule has 0 heterocycles. The zero-order chi connectivity index (χ0) is 16.1. The van der Waals surface area contributed by atoms with Gasteiger partial charge in [0.1, 0.15) is 0 Å². The molecule has 1 aromatic rings. The van der Waals surface area contributed by atoms with Crippen molar-refractivity contribution in [2.75, 3.05) is 13.1 Å². The van der Waals surface area contributed by atoms with E-state index in [0.29, 0.717) is 42.0 Å². The average Bonchev–Trinajstić information content (AvgIpc) is 3.24. The van der Waals surface area contributed by atoms with Crippen LogP contribution in [0.2, 0.25) is 10.0 Å². The molecule has 22 heavy (non-hydrogen) atoms. The maximum absolute atomic E-state index is 11.7. The molecule has 1 fully saturated rings. The normalized spacial score (nSPS) is 13.8. The van der Waals surface area contributed by atoms with Crippen molar-refractivity contribution < 1.29 is 9.59 Å². The Bertz CT molecular complexity index is 559. The van der Waals surface area contributed by atoms with Gasteiger partial charge < -0.3 is 10.2 Å². The third-order valence-electron chi connectivity index (χ3n) is 3.66. The van der Waals surface area contributed by atoms with Crippen molar-refractivity contribution >= 4 is 35.0 Å². The molecular weight excluding hydrogens is 323 g/mol. The Morgan fingerprint density at radius 2 is 2.00 bits per heavy atom. The second-order valence-corrected chi connectivity index (χ2v) is 6.43. The summed E-state index contributed by atoms with van der Waals surface area (Å²) in [6.07, 6.45) is 3.11. The minimum atomic E-state index is -0.0377. The van der Waals surface area contributed by atoms with E-state index < -0.39 is 0 Å². The van der Waals surface area contributed by atoms with E-state index in [1.807, 2.05) is 6.07 Å². The summed E-state index contributed by atoms with van der Waals surface area (Å²) in [4.78, 5) is 25.1. The summed E-state index contributed by atoms with van der Waals surface area (Å²) in [7, 11) is 0. The Hall–Kier alpha value is -1.26. The summed E-state index contributed by atoms with van der Waals surface area (Å²) in [5.74, 6) is -0.0254. The van der Waals surface area contributed by atoms with E-state index in [-0.39, 0.29) is 11.8 Å². The highest BCUT2D eigenvalue weighted by Gasteiger charge is 2.23. The van der Waals surface area contributed by atoms with Gasteiger partial charge in [-0.25, -0.2) is 0 Å². The number of carbonyl (C=O) groups excluding carboxylic acids is 2. The maximum Gasteiger partial charge on any atom is 0.221 e. The van der Waals surface area contributed by atoms with Gasteiger partial charge in [0.05, 0.1) is 0 Å². The monoisotopic (exact) mass is 342 g/mol. The van der Waals surface area contributed by atoms with Crippen LogP contribution in [0.15, 0.2) is 18.2 Å². The van der Waals surface area contributed by atoms with Crippen molar-refractivity contribution in [1.82, 2.24) is 10.2 Å². The van der Waals surface area contributed by atoms with E-state index >= 15 is 0 Å². The van der Waals surface area contributed by atoms with Gasteiger partial charge in [-0.2, -0.15) is 0 Å². The Morgan fingerprint density at radius 1 is 1.27 bits per heavy atom. The van der Waals surface area contributed by atoms with E-state index in [0.717, 1.165) is 18.4 Å². The van der Waals surface area contributed by atoms with Gasteiger partial charge in [0.15, 0.2) is 0 Å². The highest BCUT2D eigenvalue weighted by molar-refractivity contribution is 6.35. The summed E-state index contributed by atoms with van der Waals surface area (Å²) in [5.41, 5.74) is 0.944. The first kappa shape index (κ1) is 17.1. The van der Waals surface area contributed by atoms with E-state index in [4.69, 9.17) is 23.2 Å². The van der Waals surface area contributed by atoms with Crippen LogP contribution < -0.4 is 5.32 Å². The van der Waals surface area contributed by atoms with Crippen molar-refractivity contribution in [3.63, 3.8) is 0 Å². The van der Waals surface area contributed by atoms with Crippen molar-refractivity contribution in [2.45, 2.75) is 38.6 Å². The van der Waals surface area contributed by atoms with Gasteiger partial charge in [-0.15, -0.1) is 0 Å². The second kappa shape index (κ2) is 7.84. The highest BCUT2D eigenvalue weighted by Crippen LogP contribution is 2.21. The molecule has 0 bridgehead atoms. The molecule has 0 unspecified atom stereocenters. The van der Waals surface area contributed by atoms with E-state index in [1.54, 1.807) is 17.0 Å². The minimum Gasteiger partial charge on any atom is -0.353 e. The average molecular weight is 343 g/mol. The molecule has 2 amide bonds. The number of amides is 2. The number of halogens is 2. The molecule has 1 saturated carbocycles. The molecular formula is C16H20Cl2N2O2. The predicted molar refractivity (Wildman–Crippen MR) is 88.2 cm³/mol. The molecule has 1 aromatic carbocycles. The smallest absolute Gasteiger partial charge is 0.221 e. The van der Waals surface area contributed by atoms with Crippen LogP contribution in [0.3, 0.4) is 0 Å². The largest absolute Gasteiger partial charge is 0.353 e. The fraction of sp³-hybridized carbons (Fsp3) is 0.500. The van der Waals surface area contributed by atoms with E-state index in [9.17, 15) is 9.59 Å². The van der Waals surface area contributed by atoms with Crippen LogP contribution in [-0.4, -0.2) is 35.8 Å². The van der Waals surface area contributed by atoms with Crippen LogP contribution in [0.5, 0.6) is 0 Å². The zero-order valence-electron chi connectivity index (χ0n) is 12.6. The van der Waals surface area contributed by atoms with Gasteiger partial charge in [0, 0.05) is 42.5 Å². The summed E-state index contributed by atoms with van der Waals surface area (Å²) < 4.78 is 0. The summed E-state index contributed by atoms with van der Waals surface area (Å²) in [6, 6.07) is 5.69. The number of hydrogen-bond donors (Lipinski definition) is 1. The van der Waals surface area contributed by atoms with Crippen LogP contribution in [0.25, 0.3) is 0 Å². The standard InChI is InChI=1S/C16H20Cl2N2O2/c1-11(21)20(9-7-16(22)19-14-4-5-14)8-6-12-2-3-13(17)10-15(12)18/h2-3,10,14H,4-9H2,1H3,(H,19,22). The van der Waals surface area contributed by atoms with Crippen LogP contribution in [0, 0.1) is 0 Å². The summed E-state index contributed by atoms with van der Waals surface area (Å²) in [6.45, 7) is 2.48. The lowest BCUT2D eigenvalue weighted by molar-refractivity contribution is -0.129. The SMILES string of the molecule is CC(=O)N(CCC(=O)NC1CC1)CCc1ccc(Cl)cc1Cl. The second-order valence-electron chi connectivity index (χ2n) is 5.58. The van der Waals surface area contributed by atoms with Crippen molar-refractivity contribution in [3.8, 4) is 0 Å². The molecule has 0 saturated heterocycles. The van der Waals surface area contributed by atoms with Crippen LogP contribution in [-0.2, 0) is 16.0 Å². The number of benzene rings is 1. The molecule has 1 aliphatic rings. The molecule has 0 atom stereocenters. The molecule has 0 aliphatic heterocycles. The zero-order valence-corrected chi connectivity index (χ0v) is 14.1. The summed E-state index contributed by atoms with van der Waals surface area (Å²) >= 11 is 12.0. The predicted octanol–water partition coefficient (Wildman–Crippen LogP) is 3.05. The fourth-order valence-electron chi connectivity index (χ4n) is 2.17. The van der Waals surface area contributed by atoms with E-state index in [1.165, 1.54) is 6.92 Å².